The molecule has 1 aromatic rings. The summed E-state index contributed by atoms with van der Waals surface area (Å²) < 4.78 is 0. The average Bonchev–Trinajstić information content (AvgIpc) is 2.87. The average molecular weight is 192 g/mol. The third kappa shape index (κ3) is 2.04. The maximum Gasteiger partial charge on any atom is 0.126 e. The zero-order chi connectivity index (χ0) is 10.1. The molecule has 1 aliphatic rings. The van der Waals surface area contributed by atoms with Crippen molar-refractivity contribution < 1.29 is 5.11 Å². The maximum absolute atomic E-state index is 9.43. The van der Waals surface area contributed by atoms with Gasteiger partial charge < -0.3 is 10.4 Å². The molecule has 1 heterocycles. The molecule has 3 nitrogen and oxygen atoms in total. The second kappa shape index (κ2) is 3.58. The molecule has 0 aromatic carbocycles. The van der Waals surface area contributed by atoms with Gasteiger partial charge in [-0.1, -0.05) is 0 Å². The van der Waals surface area contributed by atoms with Gasteiger partial charge >= 0.3 is 0 Å². The first kappa shape index (κ1) is 9.46. The molecular weight excluding hydrogens is 176 g/mol. The van der Waals surface area contributed by atoms with Gasteiger partial charge in [-0.15, -0.1) is 0 Å². The van der Waals surface area contributed by atoms with Gasteiger partial charge in [0.15, 0.2) is 0 Å². The van der Waals surface area contributed by atoms with Crippen molar-refractivity contribution in [3.8, 4) is 0 Å². The van der Waals surface area contributed by atoms with Crippen LogP contribution in [0, 0.1) is 6.92 Å². The van der Waals surface area contributed by atoms with E-state index in [1.165, 1.54) is 12.8 Å². The Hall–Kier alpha value is -1.09. The molecule has 1 fully saturated rings. The second-order valence-electron chi connectivity index (χ2n) is 4.02. The van der Waals surface area contributed by atoms with Gasteiger partial charge in [-0.05, 0) is 38.3 Å². The lowest BCUT2D eigenvalue weighted by molar-refractivity contribution is 0.198. The summed E-state index contributed by atoms with van der Waals surface area (Å²) in [5, 5.41) is 12.8. The van der Waals surface area contributed by atoms with Crippen LogP contribution in [0.15, 0.2) is 12.3 Å². The number of nitrogens with zero attached hydrogens (tertiary/aromatic N) is 1. The fraction of sp³-hybridized carbons (Fsp3) is 0.545. The first-order chi connectivity index (χ1) is 6.66. The van der Waals surface area contributed by atoms with Crippen LogP contribution in [0.2, 0.25) is 0 Å². The van der Waals surface area contributed by atoms with Gasteiger partial charge in [0, 0.05) is 17.8 Å². The zero-order valence-corrected chi connectivity index (χ0v) is 8.62. The van der Waals surface area contributed by atoms with Crippen LogP contribution >= 0.6 is 0 Å². The highest BCUT2D eigenvalue weighted by Crippen LogP contribution is 2.25. The summed E-state index contributed by atoms with van der Waals surface area (Å²) in [7, 11) is 0. The van der Waals surface area contributed by atoms with E-state index in [1.54, 1.807) is 13.1 Å². The van der Waals surface area contributed by atoms with E-state index in [0.29, 0.717) is 6.04 Å². The predicted molar refractivity (Wildman–Crippen MR) is 56.3 cm³/mol. The Morgan fingerprint density at radius 3 is 2.79 bits per heavy atom. The van der Waals surface area contributed by atoms with E-state index in [-0.39, 0.29) is 0 Å². The summed E-state index contributed by atoms with van der Waals surface area (Å²) in [5.41, 5.74) is 2.00. The molecule has 2 rings (SSSR count). The Kier molecular flexibility index (Phi) is 2.42. The number of aryl methyl sites for hydroxylation is 1. The van der Waals surface area contributed by atoms with E-state index < -0.39 is 6.10 Å². The molecule has 14 heavy (non-hydrogen) atoms. The lowest BCUT2D eigenvalue weighted by Crippen LogP contribution is -2.05. The van der Waals surface area contributed by atoms with E-state index in [1.807, 2.05) is 13.0 Å². The van der Waals surface area contributed by atoms with E-state index in [9.17, 15) is 5.11 Å². The number of nitrogens with one attached hydrogen (secondary N) is 1. The minimum atomic E-state index is -0.433. The number of aliphatic hydroxyl groups excluding tert-OH is 1. The van der Waals surface area contributed by atoms with Crippen molar-refractivity contribution >= 4 is 5.82 Å². The fourth-order valence-electron chi connectivity index (χ4n) is 1.52. The molecule has 1 atom stereocenters. The molecule has 0 unspecified atom stereocenters. The van der Waals surface area contributed by atoms with Gasteiger partial charge in [0.2, 0.25) is 0 Å². The highest BCUT2D eigenvalue weighted by molar-refractivity contribution is 5.42. The molecule has 0 amide bonds. The van der Waals surface area contributed by atoms with Crippen LogP contribution in [0.3, 0.4) is 0 Å². The van der Waals surface area contributed by atoms with Crippen LogP contribution < -0.4 is 5.32 Å². The standard InChI is InChI=1S/C11H16N2O/c1-7-5-11(13-9-3-4-9)12-6-10(7)8(2)14/h5-6,8-9,14H,3-4H2,1-2H3,(H,12,13)/t8-/m1/s1. The largest absolute Gasteiger partial charge is 0.389 e. The first-order valence-corrected chi connectivity index (χ1v) is 5.08. The van der Waals surface area contributed by atoms with Crippen LogP contribution in [0.4, 0.5) is 5.82 Å². The molecule has 1 aromatic heterocycles. The monoisotopic (exact) mass is 192 g/mol. The van der Waals surface area contributed by atoms with E-state index in [0.717, 1.165) is 16.9 Å². The summed E-state index contributed by atoms with van der Waals surface area (Å²) in [6.07, 6.45) is 3.82. The molecule has 0 bridgehead atoms. The molecule has 0 radical (unpaired) electrons. The predicted octanol–water partition coefficient (Wildman–Crippen LogP) is 2.02. The number of pyridine rings is 1. The second-order valence-corrected chi connectivity index (χ2v) is 4.02. The smallest absolute Gasteiger partial charge is 0.126 e. The Morgan fingerprint density at radius 1 is 1.57 bits per heavy atom. The zero-order valence-electron chi connectivity index (χ0n) is 8.62. The first-order valence-electron chi connectivity index (χ1n) is 5.08. The maximum atomic E-state index is 9.43. The highest BCUT2D eigenvalue weighted by Gasteiger charge is 2.21. The Bertz CT molecular complexity index is 332. The van der Waals surface area contributed by atoms with Crippen molar-refractivity contribution in [2.24, 2.45) is 0 Å². The lowest BCUT2D eigenvalue weighted by atomic mass is 10.1. The number of hydrogen-bond acceptors (Lipinski definition) is 3. The van der Waals surface area contributed by atoms with Crippen LogP contribution in [-0.2, 0) is 0 Å². The molecule has 1 saturated carbocycles. The van der Waals surface area contributed by atoms with Crippen molar-refractivity contribution in [1.29, 1.82) is 0 Å². The minimum absolute atomic E-state index is 0.433. The SMILES string of the molecule is Cc1cc(NC2CC2)ncc1[C@@H](C)O. The third-order valence-electron chi connectivity index (χ3n) is 2.53. The number of anilines is 1. The normalized spacial score (nSPS) is 17.9. The van der Waals surface area contributed by atoms with E-state index in [4.69, 9.17) is 0 Å². The number of aromatic nitrogens is 1. The summed E-state index contributed by atoms with van der Waals surface area (Å²) >= 11 is 0. The molecule has 0 spiro atoms. The number of hydrogen-bond donors (Lipinski definition) is 2. The van der Waals surface area contributed by atoms with Crippen molar-refractivity contribution in [2.75, 3.05) is 5.32 Å². The summed E-state index contributed by atoms with van der Waals surface area (Å²) in [4.78, 5) is 4.27. The van der Waals surface area contributed by atoms with Gasteiger partial charge in [-0.25, -0.2) is 4.98 Å². The van der Waals surface area contributed by atoms with Crippen LogP contribution in [0.25, 0.3) is 0 Å². The highest BCUT2D eigenvalue weighted by atomic mass is 16.3. The quantitative estimate of drug-likeness (QED) is 0.770. The van der Waals surface area contributed by atoms with Gasteiger partial charge in [-0.2, -0.15) is 0 Å². The van der Waals surface area contributed by atoms with Crippen molar-refractivity contribution in [3.05, 3.63) is 23.4 Å². The molecule has 1 aliphatic carbocycles. The summed E-state index contributed by atoms with van der Waals surface area (Å²) in [6, 6.07) is 2.62. The minimum Gasteiger partial charge on any atom is -0.389 e. The third-order valence-corrected chi connectivity index (χ3v) is 2.53. The van der Waals surface area contributed by atoms with E-state index >= 15 is 0 Å². The van der Waals surface area contributed by atoms with Crippen molar-refractivity contribution in [3.63, 3.8) is 0 Å². The fourth-order valence-corrected chi connectivity index (χ4v) is 1.52. The lowest BCUT2D eigenvalue weighted by Gasteiger charge is -2.10. The van der Waals surface area contributed by atoms with Crippen LogP contribution in [-0.4, -0.2) is 16.1 Å². The molecule has 3 heteroatoms. The van der Waals surface area contributed by atoms with Crippen LogP contribution in [0.5, 0.6) is 0 Å². The van der Waals surface area contributed by atoms with Crippen LogP contribution in [0.1, 0.15) is 37.0 Å². The van der Waals surface area contributed by atoms with E-state index in [2.05, 4.69) is 10.3 Å². The molecule has 0 aliphatic heterocycles. The Morgan fingerprint density at radius 2 is 2.29 bits per heavy atom. The summed E-state index contributed by atoms with van der Waals surface area (Å²) in [6.45, 7) is 3.76. The van der Waals surface area contributed by atoms with Gasteiger partial charge in [0.05, 0.1) is 6.10 Å². The Balaban J connectivity index is 2.16. The van der Waals surface area contributed by atoms with Gasteiger partial charge in [0.25, 0.3) is 0 Å². The summed E-state index contributed by atoms with van der Waals surface area (Å²) in [5.74, 6) is 0.925. The topological polar surface area (TPSA) is 45.2 Å². The molecule has 0 saturated heterocycles. The number of aliphatic hydroxyl groups is 1. The van der Waals surface area contributed by atoms with Gasteiger partial charge in [0.1, 0.15) is 5.82 Å². The number of rotatable bonds is 3. The van der Waals surface area contributed by atoms with Gasteiger partial charge in [-0.3, -0.25) is 0 Å². The van der Waals surface area contributed by atoms with Crippen molar-refractivity contribution in [2.45, 2.75) is 38.8 Å². The molecule has 76 valence electrons. The molecule has 2 N–H and O–H groups in total. The Labute approximate surface area is 84.2 Å². The van der Waals surface area contributed by atoms with Crippen molar-refractivity contribution in [1.82, 2.24) is 4.98 Å². The molecular formula is C11H16N2O.